The first-order valence-electron chi connectivity index (χ1n) is 7.91. The summed E-state index contributed by atoms with van der Waals surface area (Å²) in [6, 6.07) is 5.43. The topological polar surface area (TPSA) is 64.1 Å². The molecule has 2 aromatic rings. The molecule has 1 aliphatic rings. The number of aromatic nitrogens is 2. The lowest BCUT2D eigenvalue weighted by Gasteiger charge is -2.29. The molecule has 1 amide bonds. The molecule has 0 bridgehead atoms. The largest absolute Gasteiger partial charge is 0.460 e. The third kappa shape index (κ3) is 4.89. The van der Waals surface area contributed by atoms with E-state index in [-0.39, 0.29) is 24.1 Å². The summed E-state index contributed by atoms with van der Waals surface area (Å²) in [7, 11) is 0. The van der Waals surface area contributed by atoms with Gasteiger partial charge in [0.05, 0.1) is 23.0 Å². The molecule has 0 spiro atoms. The third-order valence-electron chi connectivity index (χ3n) is 4.05. The molecular weight excluding hydrogens is 413 g/mol. The Kier molecular flexibility index (Phi) is 5.86. The maximum Gasteiger partial charge on any atom is 0.316 e. The Labute approximate surface area is 158 Å². The lowest BCUT2D eigenvalue weighted by molar-refractivity contribution is 0.0885. The highest BCUT2D eigenvalue weighted by Crippen LogP contribution is 2.24. The van der Waals surface area contributed by atoms with E-state index < -0.39 is 5.82 Å². The molecule has 1 N–H and O–H groups in total. The number of ether oxygens (including phenoxy) is 1. The number of amides is 1. The molecule has 25 heavy (non-hydrogen) atoms. The predicted molar refractivity (Wildman–Crippen MR) is 95.3 cm³/mol. The zero-order chi connectivity index (χ0) is 17.8. The minimum Gasteiger partial charge on any atom is -0.460 e. The Morgan fingerprint density at radius 1 is 1.24 bits per heavy atom. The van der Waals surface area contributed by atoms with E-state index in [2.05, 4.69) is 31.2 Å². The van der Waals surface area contributed by atoms with E-state index in [1.807, 2.05) is 0 Å². The lowest BCUT2D eigenvalue weighted by atomic mass is 9.92. The first-order valence-corrected chi connectivity index (χ1v) is 9.08. The van der Waals surface area contributed by atoms with Crippen molar-refractivity contribution in [3.8, 4) is 6.01 Å². The van der Waals surface area contributed by atoms with Gasteiger partial charge >= 0.3 is 6.01 Å². The van der Waals surface area contributed by atoms with Gasteiger partial charge < -0.3 is 10.1 Å². The molecule has 8 heteroatoms. The summed E-state index contributed by atoms with van der Waals surface area (Å²) in [6.07, 6.45) is 5.21. The second kappa shape index (κ2) is 8.10. The van der Waals surface area contributed by atoms with Crippen molar-refractivity contribution in [3.63, 3.8) is 0 Å². The number of hydrogen-bond acceptors (Lipinski definition) is 4. The van der Waals surface area contributed by atoms with Crippen molar-refractivity contribution in [2.24, 2.45) is 0 Å². The molecule has 1 saturated carbocycles. The highest BCUT2D eigenvalue weighted by Gasteiger charge is 2.25. The molecule has 132 valence electrons. The van der Waals surface area contributed by atoms with Crippen molar-refractivity contribution in [3.05, 3.63) is 51.5 Å². The molecule has 1 heterocycles. The van der Waals surface area contributed by atoms with Crippen LogP contribution in [0.1, 0.15) is 36.0 Å². The lowest BCUT2D eigenvalue weighted by Crippen LogP contribution is -2.39. The van der Waals surface area contributed by atoms with Crippen LogP contribution in [0, 0.1) is 5.82 Å². The van der Waals surface area contributed by atoms with Gasteiger partial charge in [-0.3, -0.25) is 4.79 Å². The van der Waals surface area contributed by atoms with Crippen molar-refractivity contribution in [2.45, 2.75) is 37.8 Å². The number of rotatable bonds is 4. The van der Waals surface area contributed by atoms with Crippen molar-refractivity contribution in [2.75, 3.05) is 0 Å². The summed E-state index contributed by atoms with van der Waals surface area (Å²) in [4.78, 5) is 20.0. The molecule has 0 unspecified atom stereocenters. The molecular formula is C17H16BrClFN3O2. The Hall–Kier alpha value is -1.73. The normalized spacial score (nSPS) is 20.1. The predicted octanol–water partition coefficient (Wildman–Crippen LogP) is 4.15. The SMILES string of the molecule is O=C(NC1CCC(Oc2ncc(F)cn2)CC1)c1cc(Br)ccc1Cl. The van der Waals surface area contributed by atoms with Crippen LogP contribution in [0.5, 0.6) is 6.01 Å². The van der Waals surface area contributed by atoms with E-state index in [9.17, 15) is 9.18 Å². The number of nitrogens with zero attached hydrogens (tertiary/aromatic N) is 2. The minimum atomic E-state index is -0.495. The highest BCUT2D eigenvalue weighted by molar-refractivity contribution is 9.10. The summed E-state index contributed by atoms with van der Waals surface area (Å²) in [6.45, 7) is 0. The second-order valence-corrected chi connectivity index (χ2v) is 7.20. The molecule has 5 nitrogen and oxygen atoms in total. The van der Waals surface area contributed by atoms with Crippen LogP contribution >= 0.6 is 27.5 Å². The molecule has 0 saturated heterocycles. The van der Waals surface area contributed by atoms with E-state index in [4.69, 9.17) is 16.3 Å². The molecule has 0 radical (unpaired) electrons. The fourth-order valence-corrected chi connectivity index (χ4v) is 3.33. The Morgan fingerprint density at radius 3 is 2.60 bits per heavy atom. The Bertz CT molecular complexity index is 752. The van der Waals surface area contributed by atoms with Gasteiger partial charge in [0, 0.05) is 10.5 Å². The van der Waals surface area contributed by atoms with Gasteiger partial charge in [-0.2, -0.15) is 0 Å². The zero-order valence-electron chi connectivity index (χ0n) is 13.2. The fourth-order valence-electron chi connectivity index (χ4n) is 2.77. The fraction of sp³-hybridized carbons (Fsp3) is 0.353. The molecule has 1 aromatic carbocycles. The van der Waals surface area contributed by atoms with E-state index >= 15 is 0 Å². The van der Waals surface area contributed by atoms with Crippen LogP contribution in [-0.4, -0.2) is 28.0 Å². The van der Waals surface area contributed by atoms with Gasteiger partial charge in [-0.15, -0.1) is 0 Å². The van der Waals surface area contributed by atoms with Crippen LogP contribution in [0.25, 0.3) is 0 Å². The van der Waals surface area contributed by atoms with Gasteiger partial charge in [0.1, 0.15) is 6.10 Å². The molecule has 3 rings (SSSR count). The van der Waals surface area contributed by atoms with E-state index in [0.29, 0.717) is 10.6 Å². The molecule has 0 aliphatic heterocycles. The first-order chi connectivity index (χ1) is 12.0. The van der Waals surface area contributed by atoms with Crippen LogP contribution in [0.2, 0.25) is 5.02 Å². The number of carbonyl (C=O) groups is 1. The zero-order valence-corrected chi connectivity index (χ0v) is 15.6. The maximum atomic E-state index is 12.8. The van der Waals surface area contributed by atoms with Crippen LogP contribution in [-0.2, 0) is 0 Å². The van der Waals surface area contributed by atoms with Crippen molar-refractivity contribution < 1.29 is 13.9 Å². The van der Waals surface area contributed by atoms with E-state index in [0.717, 1.165) is 42.5 Å². The van der Waals surface area contributed by atoms with Crippen LogP contribution in [0.15, 0.2) is 35.1 Å². The van der Waals surface area contributed by atoms with E-state index in [1.54, 1.807) is 18.2 Å². The number of hydrogen-bond donors (Lipinski definition) is 1. The quantitative estimate of drug-likeness (QED) is 0.794. The van der Waals surface area contributed by atoms with Gasteiger partial charge in [-0.05, 0) is 43.9 Å². The van der Waals surface area contributed by atoms with Gasteiger partial charge in [0.25, 0.3) is 5.91 Å². The summed E-state index contributed by atoms with van der Waals surface area (Å²) in [5, 5.41) is 3.44. The van der Waals surface area contributed by atoms with Crippen LogP contribution < -0.4 is 10.1 Å². The standard InChI is InChI=1S/C17H16BrClFN3O2/c18-10-1-6-15(19)14(7-10)16(24)23-12-2-4-13(5-3-12)25-17-21-8-11(20)9-22-17/h1,6-9,12-13H,2-5H2,(H,23,24). The number of carbonyl (C=O) groups excluding carboxylic acids is 1. The van der Waals surface area contributed by atoms with Gasteiger partial charge in [-0.1, -0.05) is 27.5 Å². The Morgan fingerprint density at radius 2 is 1.92 bits per heavy atom. The van der Waals surface area contributed by atoms with Gasteiger partial charge in [0.15, 0.2) is 5.82 Å². The second-order valence-electron chi connectivity index (χ2n) is 5.87. The summed E-state index contributed by atoms with van der Waals surface area (Å²) in [5.41, 5.74) is 0.453. The summed E-state index contributed by atoms with van der Waals surface area (Å²) >= 11 is 9.43. The van der Waals surface area contributed by atoms with Crippen molar-refractivity contribution in [1.29, 1.82) is 0 Å². The molecule has 1 fully saturated rings. The molecule has 1 aromatic heterocycles. The minimum absolute atomic E-state index is 0.0342. The Balaban J connectivity index is 1.51. The molecule has 1 aliphatic carbocycles. The smallest absolute Gasteiger partial charge is 0.316 e. The van der Waals surface area contributed by atoms with Crippen LogP contribution in [0.4, 0.5) is 4.39 Å². The summed E-state index contributed by atoms with van der Waals surface area (Å²) in [5.74, 6) is -0.678. The average molecular weight is 429 g/mol. The third-order valence-corrected chi connectivity index (χ3v) is 4.87. The highest BCUT2D eigenvalue weighted by atomic mass is 79.9. The number of halogens is 3. The maximum absolute atomic E-state index is 12.8. The number of benzene rings is 1. The van der Waals surface area contributed by atoms with E-state index in [1.165, 1.54) is 0 Å². The van der Waals surface area contributed by atoms with Crippen molar-refractivity contribution >= 4 is 33.4 Å². The first kappa shape index (κ1) is 18.1. The van der Waals surface area contributed by atoms with Crippen molar-refractivity contribution in [1.82, 2.24) is 15.3 Å². The molecule has 0 atom stereocenters. The van der Waals surface area contributed by atoms with Crippen LogP contribution in [0.3, 0.4) is 0 Å². The monoisotopic (exact) mass is 427 g/mol. The van der Waals surface area contributed by atoms with Gasteiger partial charge in [0.2, 0.25) is 0 Å². The summed E-state index contributed by atoms with van der Waals surface area (Å²) < 4.78 is 19.3. The average Bonchev–Trinajstić information content (AvgIpc) is 2.60. The number of nitrogens with one attached hydrogen (secondary N) is 1. The van der Waals surface area contributed by atoms with Gasteiger partial charge in [-0.25, -0.2) is 14.4 Å².